The van der Waals surface area contributed by atoms with Crippen molar-refractivity contribution in [3.63, 3.8) is 0 Å². The van der Waals surface area contributed by atoms with Crippen molar-refractivity contribution in [2.45, 2.75) is 12.8 Å². The third kappa shape index (κ3) is 4.09. The molecule has 2 rings (SSSR count). The molecule has 1 saturated heterocycles. The molecule has 1 unspecified atom stereocenters. The van der Waals surface area contributed by atoms with Crippen LogP contribution < -0.4 is 10.1 Å². The molecule has 6 heteroatoms. The number of amides is 2. The van der Waals surface area contributed by atoms with Gasteiger partial charge in [0, 0.05) is 25.6 Å². The minimum Gasteiger partial charge on any atom is -0.496 e. The number of carbonyl (C=O) groups excluding carboxylic acids is 2. The molecule has 1 aromatic rings. The zero-order valence-electron chi connectivity index (χ0n) is 13.2. The van der Waals surface area contributed by atoms with Gasteiger partial charge in [-0.3, -0.25) is 4.79 Å². The molecule has 1 N–H and O–H groups in total. The van der Waals surface area contributed by atoms with Gasteiger partial charge in [-0.05, 0) is 31.0 Å². The fraction of sp³-hybridized carbons (Fsp3) is 0.412. The number of likely N-dealkylation sites (tertiary alicyclic amines) is 1. The van der Waals surface area contributed by atoms with Crippen LogP contribution in [0.2, 0.25) is 0 Å². The molecule has 124 valence electrons. The predicted molar refractivity (Wildman–Crippen MR) is 85.2 cm³/mol. The molecule has 0 saturated carbocycles. The molecule has 1 heterocycles. The summed E-state index contributed by atoms with van der Waals surface area (Å²) in [5, 5.41) is 2.71. The second-order valence-corrected chi connectivity index (χ2v) is 5.47. The first kappa shape index (κ1) is 17.0. The van der Waals surface area contributed by atoms with Crippen molar-refractivity contribution in [1.82, 2.24) is 10.2 Å². The zero-order valence-corrected chi connectivity index (χ0v) is 13.2. The van der Waals surface area contributed by atoms with Crippen LogP contribution in [0.1, 0.15) is 23.2 Å². The Hall–Kier alpha value is -2.37. The summed E-state index contributed by atoms with van der Waals surface area (Å²) < 4.78 is 18.6. The van der Waals surface area contributed by atoms with Crippen LogP contribution >= 0.6 is 0 Å². The number of Topliss-reactive ketones (excluding diaryl/α,β-unsaturated/α-hetero) is 1. The van der Waals surface area contributed by atoms with Crippen molar-refractivity contribution in [3.05, 3.63) is 42.2 Å². The van der Waals surface area contributed by atoms with Crippen LogP contribution in [0.3, 0.4) is 0 Å². The lowest BCUT2D eigenvalue weighted by molar-refractivity contribution is 0.0842. The molecule has 1 aliphatic heterocycles. The van der Waals surface area contributed by atoms with Gasteiger partial charge in [-0.2, -0.15) is 0 Å². The van der Waals surface area contributed by atoms with Crippen molar-refractivity contribution < 1.29 is 18.7 Å². The molecule has 0 radical (unpaired) electrons. The molecular formula is C17H21FN2O3. The van der Waals surface area contributed by atoms with Gasteiger partial charge in [-0.15, -0.1) is 6.58 Å². The van der Waals surface area contributed by atoms with Crippen LogP contribution in [0.25, 0.3) is 0 Å². The standard InChI is InChI=1S/C17H21FN2O3/c1-3-8-19-17(22)20-9-4-5-12(11-20)16(21)14-10-13(18)6-7-15(14)23-2/h3,6-7,10,12H,1,4-5,8-9,11H2,2H3,(H,19,22). The second kappa shape index (κ2) is 7.76. The first-order chi connectivity index (χ1) is 11.1. The summed E-state index contributed by atoms with van der Waals surface area (Å²) in [7, 11) is 1.44. The van der Waals surface area contributed by atoms with Crippen molar-refractivity contribution in [3.8, 4) is 5.75 Å². The fourth-order valence-corrected chi connectivity index (χ4v) is 2.74. The van der Waals surface area contributed by atoms with E-state index in [0.29, 0.717) is 31.8 Å². The number of carbonyl (C=O) groups is 2. The van der Waals surface area contributed by atoms with Crippen molar-refractivity contribution >= 4 is 11.8 Å². The summed E-state index contributed by atoms with van der Waals surface area (Å²) in [5.41, 5.74) is 0.228. The van der Waals surface area contributed by atoms with Gasteiger partial charge in [-0.25, -0.2) is 9.18 Å². The van der Waals surface area contributed by atoms with Gasteiger partial charge < -0.3 is 15.0 Å². The van der Waals surface area contributed by atoms with E-state index in [4.69, 9.17) is 4.74 Å². The number of nitrogens with one attached hydrogen (secondary N) is 1. The van der Waals surface area contributed by atoms with Crippen LogP contribution in [-0.2, 0) is 0 Å². The number of ether oxygens (including phenoxy) is 1. The number of methoxy groups -OCH3 is 1. The van der Waals surface area contributed by atoms with Gasteiger partial charge in [-0.1, -0.05) is 6.08 Å². The Bertz CT molecular complexity index is 604. The lowest BCUT2D eigenvalue weighted by atomic mass is 9.89. The number of rotatable bonds is 5. The molecule has 0 spiro atoms. The van der Waals surface area contributed by atoms with Gasteiger partial charge in [0.2, 0.25) is 0 Å². The molecular weight excluding hydrogens is 299 g/mol. The van der Waals surface area contributed by atoms with Crippen molar-refractivity contribution in [2.24, 2.45) is 5.92 Å². The first-order valence-electron chi connectivity index (χ1n) is 7.58. The molecule has 1 aromatic carbocycles. The van der Waals surface area contributed by atoms with Gasteiger partial charge in [0.05, 0.1) is 12.7 Å². The number of hydrogen-bond acceptors (Lipinski definition) is 3. The molecule has 23 heavy (non-hydrogen) atoms. The summed E-state index contributed by atoms with van der Waals surface area (Å²) >= 11 is 0. The number of piperidine rings is 1. The number of hydrogen-bond donors (Lipinski definition) is 1. The van der Waals surface area contributed by atoms with E-state index in [0.717, 1.165) is 6.42 Å². The number of benzene rings is 1. The smallest absolute Gasteiger partial charge is 0.317 e. The van der Waals surface area contributed by atoms with E-state index in [9.17, 15) is 14.0 Å². The van der Waals surface area contributed by atoms with E-state index in [1.165, 1.54) is 25.3 Å². The van der Waals surface area contributed by atoms with Crippen molar-refractivity contribution in [1.29, 1.82) is 0 Å². The van der Waals surface area contributed by atoms with Crippen LogP contribution in [0.5, 0.6) is 5.75 Å². The monoisotopic (exact) mass is 320 g/mol. The molecule has 1 aliphatic rings. The molecule has 0 aliphatic carbocycles. The normalized spacial score (nSPS) is 17.5. The van der Waals surface area contributed by atoms with Gasteiger partial charge in [0.25, 0.3) is 0 Å². The highest BCUT2D eigenvalue weighted by molar-refractivity contribution is 6.00. The number of nitrogens with zero attached hydrogens (tertiary/aromatic N) is 1. The Labute approximate surface area is 135 Å². The number of ketones is 1. The largest absolute Gasteiger partial charge is 0.496 e. The summed E-state index contributed by atoms with van der Waals surface area (Å²) in [6.45, 7) is 4.86. The van der Waals surface area contributed by atoms with Crippen LogP contribution in [-0.4, -0.2) is 43.5 Å². The van der Waals surface area contributed by atoms with Crippen LogP contribution in [0.4, 0.5) is 9.18 Å². The van der Waals surface area contributed by atoms with Gasteiger partial charge in [0.1, 0.15) is 11.6 Å². The summed E-state index contributed by atoms with van der Waals surface area (Å²) in [5.74, 6) is -0.674. The Kier molecular flexibility index (Phi) is 5.73. The number of urea groups is 1. The molecule has 0 aromatic heterocycles. The SMILES string of the molecule is C=CCNC(=O)N1CCCC(C(=O)c2cc(F)ccc2OC)C1. The summed E-state index contributed by atoms with van der Waals surface area (Å²) in [4.78, 5) is 26.3. The molecule has 5 nitrogen and oxygen atoms in total. The Morgan fingerprint density at radius 2 is 2.30 bits per heavy atom. The van der Waals surface area contributed by atoms with Gasteiger partial charge in [0.15, 0.2) is 5.78 Å². The maximum absolute atomic E-state index is 13.5. The van der Waals surface area contributed by atoms with E-state index >= 15 is 0 Å². The Morgan fingerprint density at radius 3 is 3.00 bits per heavy atom. The van der Waals surface area contributed by atoms with Crippen LogP contribution in [0.15, 0.2) is 30.9 Å². The highest BCUT2D eigenvalue weighted by Gasteiger charge is 2.30. The lowest BCUT2D eigenvalue weighted by Gasteiger charge is -2.32. The van der Waals surface area contributed by atoms with E-state index in [2.05, 4.69) is 11.9 Å². The first-order valence-corrected chi connectivity index (χ1v) is 7.58. The highest BCUT2D eigenvalue weighted by Crippen LogP contribution is 2.27. The molecule has 1 atom stereocenters. The zero-order chi connectivity index (χ0) is 16.8. The fourth-order valence-electron chi connectivity index (χ4n) is 2.74. The minimum atomic E-state index is -0.481. The summed E-state index contributed by atoms with van der Waals surface area (Å²) in [6, 6.07) is 3.68. The Balaban J connectivity index is 2.12. The maximum atomic E-state index is 13.5. The highest BCUT2D eigenvalue weighted by atomic mass is 19.1. The van der Waals surface area contributed by atoms with Crippen LogP contribution in [0, 0.1) is 11.7 Å². The molecule has 2 amide bonds. The average molecular weight is 320 g/mol. The number of halogens is 1. The quantitative estimate of drug-likeness (QED) is 0.670. The molecule has 1 fully saturated rings. The maximum Gasteiger partial charge on any atom is 0.317 e. The average Bonchev–Trinajstić information content (AvgIpc) is 2.59. The van der Waals surface area contributed by atoms with E-state index in [1.54, 1.807) is 11.0 Å². The summed E-state index contributed by atoms with van der Waals surface area (Å²) in [6.07, 6.45) is 3.00. The van der Waals surface area contributed by atoms with Gasteiger partial charge >= 0.3 is 6.03 Å². The van der Waals surface area contributed by atoms with E-state index < -0.39 is 5.82 Å². The second-order valence-electron chi connectivity index (χ2n) is 5.47. The third-order valence-electron chi connectivity index (χ3n) is 3.90. The predicted octanol–water partition coefficient (Wildman–Crippen LogP) is 2.62. The van der Waals surface area contributed by atoms with Crippen molar-refractivity contribution in [2.75, 3.05) is 26.7 Å². The lowest BCUT2D eigenvalue weighted by Crippen LogP contribution is -2.47. The Morgan fingerprint density at radius 1 is 1.52 bits per heavy atom. The molecule has 0 bridgehead atoms. The topological polar surface area (TPSA) is 58.6 Å². The third-order valence-corrected chi connectivity index (χ3v) is 3.90. The van der Waals surface area contributed by atoms with E-state index in [1.807, 2.05) is 0 Å². The minimum absolute atomic E-state index is 0.192. The van der Waals surface area contributed by atoms with E-state index in [-0.39, 0.29) is 23.3 Å².